The molecule has 2 aromatic heterocycles. The highest BCUT2D eigenvalue weighted by Gasteiger charge is 2.09. The average molecular weight is 292 g/mol. The first kappa shape index (κ1) is 14.5. The quantitative estimate of drug-likeness (QED) is 0.786. The fraction of sp³-hybridized carbons (Fsp3) is 0.385. The number of nitrogens with zero attached hydrogens (tertiary/aromatic N) is 3. The molecule has 20 heavy (non-hydrogen) atoms. The highest BCUT2D eigenvalue weighted by molar-refractivity contribution is 7.15. The Morgan fingerprint density at radius 3 is 3.10 bits per heavy atom. The van der Waals surface area contributed by atoms with E-state index in [4.69, 9.17) is 4.74 Å². The van der Waals surface area contributed by atoms with Gasteiger partial charge in [0.1, 0.15) is 5.01 Å². The van der Waals surface area contributed by atoms with E-state index >= 15 is 0 Å². The molecule has 0 aliphatic heterocycles. The van der Waals surface area contributed by atoms with Crippen molar-refractivity contribution >= 4 is 22.4 Å². The number of pyridine rings is 1. The van der Waals surface area contributed by atoms with Crippen LogP contribution in [-0.2, 0) is 22.4 Å². The second kappa shape index (κ2) is 7.66. The summed E-state index contributed by atoms with van der Waals surface area (Å²) in [7, 11) is 0. The molecule has 106 valence electrons. The lowest BCUT2D eigenvalue weighted by Crippen LogP contribution is -2.14. The van der Waals surface area contributed by atoms with Gasteiger partial charge in [-0.25, -0.2) is 0 Å². The number of ether oxygens (including phenoxy) is 1. The minimum atomic E-state index is -0.120. The zero-order chi connectivity index (χ0) is 14.2. The van der Waals surface area contributed by atoms with E-state index < -0.39 is 0 Å². The van der Waals surface area contributed by atoms with Gasteiger partial charge in [-0.05, 0) is 18.6 Å². The number of amides is 1. The molecule has 7 heteroatoms. The molecule has 0 aliphatic rings. The standard InChI is InChI=1S/C13H16N4O2S/c1-2-19-7-5-12-16-17-13(20-12)15-11(18)8-10-4-3-6-14-9-10/h3-4,6,9H,2,5,7-8H2,1H3,(H,15,17,18). The molecule has 2 rings (SSSR count). The minimum absolute atomic E-state index is 0.120. The average Bonchev–Trinajstić information content (AvgIpc) is 2.87. The Morgan fingerprint density at radius 1 is 1.45 bits per heavy atom. The molecule has 6 nitrogen and oxygen atoms in total. The first-order valence-electron chi connectivity index (χ1n) is 6.37. The van der Waals surface area contributed by atoms with Crippen LogP contribution in [0.2, 0.25) is 0 Å². The molecule has 1 N–H and O–H groups in total. The van der Waals surface area contributed by atoms with E-state index in [-0.39, 0.29) is 12.3 Å². The molecule has 0 fully saturated rings. The third kappa shape index (κ3) is 4.67. The maximum absolute atomic E-state index is 11.8. The maximum Gasteiger partial charge on any atom is 0.230 e. The summed E-state index contributed by atoms with van der Waals surface area (Å²) in [6.07, 6.45) is 4.34. The molecule has 0 unspecified atom stereocenters. The second-order valence-electron chi connectivity index (χ2n) is 4.03. The Kier molecular flexibility index (Phi) is 5.57. The molecule has 0 saturated heterocycles. The topological polar surface area (TPSA) is 77.0 Å². The smallest absolute Gasteiger partial charge is 0.230 e. The molecule has 0 bridgehead atoms. The van der Waals surface area contributed by atoms with Gasteiger partial charge in [-0.3, -0.25) is 9.78 Å². The van der Waals surface area contributed by atoms with Crippen molar-refractivity contribution in [2.45, 2.75) is 19.8 Å². The molecule has 0 aliphatic carbocycles. The van der Waals surface area contributed by atoms with E-state index in [2.05, 4.69) is 20.5 Å². The van der Waals surface area contributed by atoms with E-state index in [0.29, 0.717) is 24.8 Å². The lowest BCUT2D eigenvalue weighted by molar-refractivity contribution is -0.115. The van der Waals surface area contributed by atoms with Crippen molar-refractivity contribution in [1.29, 1.82) is 0 Å². The molecule has 0 saturated carbocycles. The summed E-state index contributed by atoms with van der Waals surface area (Å²) in [5.74, 6) is -0.120. The molecule has 1 amide bonds. The number of rotatable bonds is 7. The third-order valence-electron chi connectivity index (χ3n) is 2.47. The van der Waals surface area contributed by atoms with Crippen molar-refractivity contribution in [3.63, 3.8) is 0 Å². The summed E-state index contributed by atoms with van der Waals surface area (Å²) in [5.41, 5.74) is 0.867. The van der Waals surface area contributed by atoms with Crippen molar-refractivity contribution in [3.05, 3.63) is 35.1 Å². The Hall–Kier alpha value is -1.86. The monoisotopic (exact) mass is 292 g/mol. The summed E-state index contributed by atoms with van der Waals surface area (Å²) in [4.78, 5) is 15.8. The lowest BCUT2D eigenvalue weighted by Gasteiger charge is -2.00. The minimum Gasteiger partial charge on any atom is -0.381 e. The van der Waals surface area contributed by atoms with Gasteiger partial charge in [0.15, 0.2) is 0 Å². The summed E-state index contributed by atoms with van der Waals surface area (Å²) in [5, 5.41) is 12.1. The van der Waals surface area contributed by atoms with Crippen LogP contribution in [-0.4, -0.2) is 34.3 Å². The predicted molar refractivity (Wildman–Crippen MR) is 76.7 cm³/mol. The highest BCUT2D eigenvalue weighted by Crippen LogP contribution is 2.16. The first-order chi connectivity index (χ1) is 9.78. The van der Waals surface area contributed by atoms with Crippen molar-refractivity contribution in [2.24, 2.45) is 0 Å². The van der Waals surface area contributed by atoms with Crippen LogP contribution in [0.1, 0.15) is 17.5 Å². The van der Waals surface area contributed by atoms with Gasteiger partial charge in [-0.2, -0.15) is 0 Å². The van der Waals surface area contributed by atoms with Crippen molar-refractivity contribution in [3.8, 4) is 0 Å². The van der Waals surface area contributed by atoms with Gasteiger partial charge in [0, 0.05) is 25.4 Å². The second-order valence-corrected chi connectivity index (χ2v) is 5.10. The predicted octanol–water partition coefficient (Wildman–Crippen LogP) is 1.69. The molecular weight excluding hydrogens is 276 g/mol. The van der Waals surface area contributed by atoms with E-state index in [0.717, 1.165) is 10.6 Å². The summed E-state index contributed by atoms with van der Waals surface area (Å²) in [6, 6.07) is 3.67. The third-order valence-corrected chi connectivity index (χ3v) is 3.36. The van der Waals surface area contributed by atoms with Crippen molar-refractivity contribution < 1.29 is 9.53 Å². The van der Waals surface area contributed by atoms with E-state index in [9.17, 15) is 4.79 Å². The van der Waals surface area contributed by atoms with Crippen LogP contribution in [0, 0.1) is 0 Å². The van der Waals surface area contributed by atoms with Crippen LogP contribution < -0.4 is 5.32 Å². The maximum atomic E-state index is 11.8. The SMILES string of the molecule is CCOCCc1nnc(NC(=O)Cc2cccnc2)s1. The van der Waals surface area contributed by atoms with Crippen molar-refractivity contribution in [2.75, 3.05) is 18.5 Å². The first-order valence-corrected chi connectivity index (χ1v) is 7.18. The number of aromatic nitrogens is 3. The Morgan fingerprint density at radius 2 is 2.35 bits per heavy atom. The Balaban J connectivity index is 1.82. The number of carbonyl (C=O) groups is 1. The van der Waals surface area contributed by atoms with E-state index in [1.54, 1.807) is 18.5 Å². The molecule has 0 radical (unpaired) electrons. The van der Waals surface area contributed by atoms with Gasteiger partial charge in [0.05, 0.1) is 13.0 Å². The van der Waals surface area contributed by atoms with Crippen LogP contribution in [0.3, 0.4) is 0 Å². The number of anilines is 1. The fourth-order valence-electron chi connectivity index (χ4n) is 1.56. The van der Waals surface area contributed by atoms with Crippen LogP contribution in [0.5, 0.6) is 0 Å². The molecule has 0 aromatic carbocycles. The van der Waals surface area contributed by atoms with Gasteiger partial charge < -0.3 is 10.1 Å². The molecule has 2 aromatic rings. The molecular formula is C13H16N4O2S. The van der Waals surface area contributed by atoms with E-state index in [1.165, 1.54) is 11.3 Å². The Bertz CT molecular complexity index is 544. The van der Waals surface area contributed by atoms with Crippen LogP contribution in [0.4, 0.5) is 5.13 Å². The number of carbonyl (C=O) groups excluding carboxylic acids is 1. The molecule has 0 atom stereocenters. The zero-order valence-corrected chi connectivity index (χ0v) is 12.0. The van der Waals surface area contributed by atoms with Crippen molar-refractivity contribution in [1.82, 2.24) is 15.2 Å². The number of hydrogen-bond acceptors (Lipinski definition) is 6. The molecule has 0 spiro atoms. The summed E-state index contributed by atoms with van der Waals surface area (Å²) < 4.78 is 5.25. The van der Waals surface area contributed by atoms with Gasteiger partial charge in [0.25, 0.3) is 0 Å². The number of nitrogens with one attached hydrogen (secondary N) is 1. The van der Waals surface area contributed by atoms with Gasteiger partial charge >= 0.3 is 0 Å². The summed E-state index contributed by atoms with van der Waals surface area (Å²) >= 11 is 1.37. The van der Waals surface area contributed by atoms with Gasteiger partial charge in [-0.1, -0.05) is 17.4 Å². The van der Waals surface area contributed by atoms with Crippen LogP contribution >= 0.6 is 11.3 Å². The summed E-state index contributed by atoms with van der Waals surface area (Å²) in [6.45, 7) is 3.26. The number of hydrogen-bond donors (Lipinski definition) is 1. The van der Waals surface area contributed by atoms with Gasteiger partial charge in [0.2, 0.25) is 11.0 Å². The lowest BCUT2D eigenvalue weighted by atomic mass is 10.2. The van der Waals surface area contributed by atoms with Gasteiger partial charge in [-0.15, -0.1) is 10.2 Å². The normalized spacial score (nSPS) is 10.4. The zero-order valence-electron chi connectivity index (χ0n) is 11.2. The van der Waals surface area contributed by atoms with Crippen LogP contribution in [0.25, 0.3) is 0 Å². The highest BCUT2D eigenvalue weighted by atomic mass is 32.1. The Labute approximate surface area is 121 Å². The molecule has 2 heterocycles. The van der Waals surface area contributed by atoms with E-state index in [1.807, 2.05) is 13.0 Å². The largest absolute Gasteiger partial charge is 0.381 e. The fourth-order valence-corrected chi connectivity index (χ4v) is 2.30. The van der Waals surface area contributed by atoms with Crippen LogP contribution in [0.15, 0.2) is 24.5 Å².